The first-order valence-electron chi connectivity index (χ1n) is 8.00. The topological polar surface area (TPSA) is 94.1 Å². The average molecular weight is 343 g/mol. The van der Waals surface area contributed by atoms with Crippen LogP contribution in [0.15, 0.2) is 33.9 Å². The van der Waals surface area contributed by atoms with Crippen LogP contribution < -0.4 is 16.6 Å². The molecule has 25 heavy (non-hydrogen) atoms. The van der Waals surface area contributed by atoms with E-state index in [1.807, 2.05) is 31.2 Å². The van der Waals surface area contributed by atoms with E-state index < -0.39 is 11.2 Å². The Kier molecular flexibility index (Phi) is 4.45. The fourth-order valence-electron chi connectivity index (χ4n) is 2.78. The average Bonchev–Trinajstić information content (AvgIpc) is 2.96. The Balaban J connectivity index is 2.24. The number of hydrogen-bond acceptors (Lipinski definition) is 5. The number of aliphatic hydroxyl groups excluding tert-OH is 1. The Hall–Kier alpha value is -2.87. The van der Waals surface area contributed by atoms with Crippen LogP contribution in [0.1, 0.15) is 11.1 Å². The van der Waals surface area contributed by atoms with Gasteiger partial charge in [0.1, 0.15) is 0 Å². The van der Waals surface area contributed by atoms with E-state index in [-0.39, 0.29) is 6.61 Å². The Labute approximate surface area is 144 Å². The van der Waals surface area contributed by atoms with Gasteiger partial charge in [0.2, 0.25) is 5.95 Å². The standard InChI is InChI=1S/C17H21N5O3/c1-11-4-6-12(7-5-11)10-22-13-14(19-16(22)18-8-9-23)20(2)17(25)21(3)15(13)24/h4-7,23H,8-10H2,1-3H3,(H,18,19). The minimum atomic E-state index is -0.425. The maximum absolute atomic E-state index is 12.7. The van der Waals surface area contributed by atoms with Crippen LogP contribution in [-0.4, -0.2) is 36.9 Å². The molecule has 0 aliphatic heterocycles. The molecule has 132 valence electrons. The molecule has 0 saturated heterocycles. The number of aliphatic hydroxyl groups is 1. The molecule has 3 aromatic rings. The number of nitrogens with one attached hydrogen (secondary N) is 1. The fraction of sp³-hybridized carbons (Fsp3) is 0.353. The molecule has 0 atom stereocenters. The zero-order chi connectivity index (χ0) is 18.1. The zero-order valence-corrected chi connectivity index (χ0v) is 14.5. The Bertz CT molecular complexity index is 1030. The molecule has 2 aromatic heterocycles. The number of nitrogens with zero attached hydrogens (tertiary/aromatic N) is 4. The third kappa shape index (κ3) is 2.96. The molecule has 0 amide bonds. The van der Waals surface area contributed by atoms with Crippen LogP contribution in [0.2, 0.25) is 0 Å². The maximum Gasteiger partial charge on any atom is 0.332 e. The van der Waals surface area contributed by atoms with E-state index in [2.05, 4.69) is 10.3 Å². The first kappa shape index (κ1) is 17.0. The van der Waals surface area contributed by atoms with Crippen LogP contribution in [0.5, 0.6) is 0 Å². The first-order valence-corrected chi connectivity index (χ1v) is 8.00. The second-order valence-electron chi connectivity index (χ2n) is 6.04. The molecular weight excluding hydrogens is 322 g/mol. The van der Waals surface area contributed by atoms with Crippen molar-refractivity contribution in [3.05, 3.63) is 56.2 Å². The summed E-state index contributed by atoms with van der Waals surface area (Å²) in [6.45, 7) is 2.67. The molecule has 0 bridgehead atoms. The van der Waals surface area contributed by atoms with Crippen LogP contribution >= 0.6 is 0 Å². The highest BCUT2D eigenvalue weighted by molar-refractivity contribution is 5.74. The summed E-state index contributed by atoms with van der Waals surface area (Å²) in [5.74, 6) is 0.447. The molecule has 0 unspecified atom stereocenters. The van der Waals surface area contributed by atoms with Crippen molar-refractivity contribution in [2.75, 3.05) is 18.5 Å². The van der Waals surface area contributed by atoms with Gasteiger partial charge in [-0.05, 0) is 12.5 Å². The van der Waals surface area contributed by atoms with Gasteiger partial charge in [0, 0.05) is 20.6 Å². The molecule has 0 saturated carbocycles. The number of fused-ring (bicyclic) bond motifs is 1. The molecule has 0 spiro atoms. The third-order valence-electron chi connectivity index (χ3n) is 4.20. The van der Waals surface area contributed by atoms with Crippen LogP contribution in [-0.2, 0) is 20.6 Å². The van der Waals surface area contributed by atoms with Crippen molar-refractivity contribution in [3.8, 4) is 0 Å². The second kappa shape index (κ2) is 6.56. The van der Waals surface area contributed by atoms with E-state index in [4.69, 9.17) is 5.11 Å². The monoisotopic (exact) mass is 343 g/mol. The Morgan fingerprint density at radius 3 is 2.44 bits per heavy atom. The van der Waals surface area contributed by atoms with Crippen molar-refractivity contribution in [3.63, 3.8) is 0 Å². The lowest BCUT2D eigenvalue weighted by Crippen LogP contribution is -2.37. The van der Waals surface area contributed by atoms with Gasteiger partial charge in [0.25, 0.3) is 5.56 Å². The van der Waals surface area contributed by atoms with Crippen LogP contribution in [0.4, 0.5) is 5.95 Å². The number of rotatable bonds is 5. The predicted molar refractivity (Wildman–Crippen MR) is 96.1 cm³/mol. The van der Waals surface area contributed by atoms with Gasteiger partial charge in [-0.25, -0.2) is 4.79 Å². The molecule has 0 radical (unpaired) electrons. The van der Waals surface area contributed by atoms with E-state index >= 15 is 0 Å². The van der Waals surface area contributed by atoms with Gasteiger partial charge in [-0.2, -0.15) is 4.98 Å². The molecule has 0 aliphatic rings. The molecule has 2 heterocycles. The van der Waals surface area contributed by atoms with Crippen molar-refractivity contribution in [1.29, 1.82) is 0 Å². The lowest BCUT2D eigenvalue weighted by molar-refractivity contribution is 0.310. The smallest absolute Gasteiger partial charge is 0.332 e. The highest BCUT2D eigenvalue weighted by atomic mass is 16.3. The largest absolute Gasteiger partial charge is 0.395 e. The predicted octanol–water partition coefficient (Wildman–Crippen LogP) is 0.195. The summed E-state index contributed by atoms with van der Waals surface area (Å²) in [7, 11) is 3.04. The van der Waals surface area contributed by atoms with Crippen molar-refractivity contribution in [2.24, 2.45) is 14.1 Å². The van der Waals surface area contributed by atoms with Gasteiger partial charge in [0.15, 0.2) is 11.2 Å². The molecule has 8 nitrogen and oxygen atoms in total. The Morgan fingerprint density at radius 2 is 1.80 bits per heavy atom. The molecule has 3 rings (SSSR count). The highest BCUT2D eigenvalue weighted by Gasteiger charge is 2.19. The normalized spacial score (nSPS) is 11.2. The lowest BCUT2D eigenvalue weighted by atomic mass is 10.1. The highest BCUT2D eigenvalue weighted by Crippen LogP contribution is 2.18. The van der Waals surface area contributed by atoms with E-state index in [9.17, 15) is 9.59 Å². The van der Waals surface area contributed by atoms with Crippen LogP contribution in [0, 0.1) is 6.92 Å². The summed E-state index contributed by atoms with van der Waals surface area (Å²) >= 11 is 0. The van der Waals surface area contributed by atoms with Crippen molar-refractivity contribution >= 4 is 17.1 Å². The maximum atomic E-state index is 12.7. The third-order valence-corrected chi connectivity index (χ3v) is 4.20. The number of aryl methyl sites for hydroxylation is 2. The summed E-state index contributed by atoms with van der Waals surface area (Å²) in [6.07, 6.45) is 0. The number of benzene rings is 1. The minimum Gasteiger partial charge on any atom is -0.395 e. The van der Waals surface area contributed by atoms with E-state index in [0.29, 0.717) is 30.2 Å². The summed E-state index contributed by atoms with van der Waals surface area (Å²) in [5, 5.41) is 12.1. The van der Waals surface area contributed by atoms with Gasteiger partial charge in [-0.3, -0.25) is 18.5 Å². The minimum absolute atomic E-state index is 0.0648. The Morgan fingerprint density at radius 1 is 1.12 bits per heavy atom. The van der Waals surface area contributed by atoms with Gasteiger partial charge < -0.3 is 10.4 Å². The number of hydrogen-bond donors (Lipinski definition) is 2. The van der Waals surface area contributed by atoms with Gasteiger partial charge >= 0.3 is 5.69 Å². The van der Waals surface area contributed by atoms with Crippen LogP contribution in [0.3, 0.4) is 0 Å². The summed E-state index contributed by atoms with van der Waals surface area (Å²) < 4.78 is 4.18. The molecule has 8 heteroatoms. The van der Waals surface area contributed by atoms with E-state index in [1.54, 1.807) is 11.6 Å². The van der Waals surface area contributed by atoms with Gasteiger partial charge in [-0.15, -0.1) is 0 Å². The van der Waals surface area contributed by atoms with Crippen LogP contribution in [0.25, 0.3) is 11.2 Å². The van der Waals surface area contributed by atoms with Gasteiger partial charge in [0.05, 0.1) is 13.2 Å². The van der Waals surface area contributed by atoms with E-state index in [1.165, 1.54) is 11.6 Å². The fourth-order valence-corrected chi connectivity index (χ4v) is 2.78. The molecule has 1 aromatic carbocycles. The quantitative estimate of drug-likeness (QED) is 0.690. The zero-order valence-electron chi connectivity index (χ0n) is 14.5. The second-order valence-corrected chi connectivity index (χ2v) is 6.04. The van der Waals surface area contributed by atoms with E-state index in [0.717, 1.165) is 15.7 Å². The molecule has 2 N–H and O–H groups in total. The molecule has 0 aliphatic carbocycles. The number of anilines is 1. The van der Waals surface area contributed by atoms with Crippen molar-refractivity contribution in [2.45, 2.75) is 13.5 Å². The summed E-state index contributed by atoms with van der Waals surface area (Å²) in [5.41, 5.74) is 2.01. The van der Waals surface area contributed by atoms with Gasteiger partial charge in [-0.1, -0.05) is 29.8 Å². The van der Waals surface area contributed by atoms with Crippen molar-refractivity contribution in [1.82, 2.24) is 18.7 Å². The summed E-state index contributed by atoms with van der Waals surface area (Å²) in [6, 6.07) is 7.99. The SMILES string of the molecule is Cc1ccc(Cn2c(NCCO)nc3c2c(=O)n(C)c(=O)n3C)cc1. The summed E-state index contributed by atoms with van der Waals surface area (Å²) in [4.78, 5) is 29.2. The van der Waals surface area contributed by atoms with Crippen molar-refractivity contribution < 1.29 is 5.11 Å². The molecular formula is C17H21N5O3. The first-order chi connectivity index (χ1) is 11.9. The number of imidazole rings is 1. The molecule has 0 fully saturated rings. The number of aromatic nitrogens is 4. The lowest BCUT2D eigenvalue weighted by Gasteiger charge is -2.10.